The first-order valence-electron chi connectivity index (χ1n) is 13.9. The summed E-state index contributed by atoms with van der Waals surface area (Å²) in [6.45, 7) is 13.0. The number of aromatic nitrogens is 5. The number of aryl methyl sites for hydroxylation is 2. The monoisotopic (exact) mass is 599 g/mol. The maximum absolute atomic E-state index is 13.2. The number of carbonyl (C=O) groups excluding carboxylic acids is 1. The van der Waals surface area contributed by atoms with Gasteiger partial charge in [0, 0.05) is 34.5 Å². The van der Waals surface area contributed by atoms with Crippen LogP contribution in [0.4, 0.5) is 10.6 Å². The number of carbonyl (C=O) groups is 1. The fourth-order valence-corrected chi connectivity index (χ4v) is 5.97. The van der Waals surface area contributed by atoms with E-state index in [0.717, 1.165) is 49.3 Å². The first-order valence-corrected chi connectivity index (χ1v) is 16.0. The molecule has 10 heteroatoms. The van der Waals surface area contributed by atoms with Gasteiger partial charge in [-0.3, -0.25) is 9.72 Å². The summed E-state index contributed by atoms with van der Waals surface area (Å²) in [5.41, 5.74) is 5.95. The van der Waals surface area contributed by atoms with Crippen molar-refractivity contribution >= 4 is 41.0 Å². The highest BCUT2D eigenvalue weighted by molar-refractivity contribution is 7.99. The van der Waals surface area contributed by atoms with Crippen molar-refractivity contribution in [2.75, 3.05) is 11.6 Å². The molecule has 0 aliphatic rings. The third-order valence-corrected chi connectivity index (χ3v) is 9.41. The van der Waals surface area contributed by atoms with E-state index in [4.69, 9.17) is 5.10 Å². The van der Waals surface area contributed by atoms with Crippen molar-refractivity contribution in [2.45, 2.75) is 68.5 Å². The number of hydrogen-bond acceptors (Lipinski definition) is 6. The van der Waals surface area contributed by atoms with Crippen molar-refractivity contribution in [1.82, 2.24) is 29.7 Å². The predicted octanol–water partition coefficient (Wildman–Crippen LogP) is 7.73. The molecule has 2 amide bonds. The normalized spacial score (nSPS) is 11.8. The minimum Gasteiger partial charge on any atom is -0.334 e. The van der Waals surface area contributed by atoms with Crippen LogP contribution in [0, 0.1) is 13.8 Å². The lowest BCUT2D eigenvalue weighted by atomic mass is 10.1. The Hall–Kier alpha value is -3.76. The molecule has 218 valence electrons. The standard InChI is InChI=1S/C32H37N7OS2/c1-20(2)30-36-35-28-13-12-25(19-38(28)30)42-26-11-9-8-10-23(26)18-33-31(40)34-29-17-27(32(5,6)41-7)37-39(29)24-15-21(3)14-22(4)16-24/h8-17,19-20H,18H2,1-7H3,(H2,33,34,40). The minimum absolute atomic E-state index is 0.209. The van der Waals surface area contributed by atoms with Gasteiger partial charge in [-0.2, -0.15) is 16.9 Å². The average molecular weight is 600 g/mol. The average Bonchev–Trinajstić information content (AvgIpc) is 3.57. The summed E-state index contributed by atoms with van der Waals surface area (Å²) in [5, 5.41) is 19.6. The molecule has 0 bridgehead atoms. The largest absolute Gasteiger partial charge is 0.334 e. The molecular weight excluding hydrogens is 563 g/mol. The number of fused-ring (bicyclic) bond motifs is 1. The Labute approximate surface area is 255 Å². The summed E-state index contributed by atoms with van der Waals surface area (Å²) < 4.78 is 3.66. The van der Waals surface area contributed by atoms with Crippen molar-refractivity contribution in [3.63, 3.8) is 0 Å². The maximum Gasteiger partial charge on any atom is 0.320 e. The molecule has 2 aromatic carbocycles. The van der Waals surface area contributed by atoms with Gasteiger partial charge in [0.05, 0.1) is 16.1 Å². The zero-order chi connectivity index (χ0) is 30.0. The van der Waals surface area contributed by atoms with Crippen LogP contribution >= 0.6 is 23.5 Å². The van der Waals surface area contributed by atoms with Gasteiger partial charge in [-0.1, -0.05) is 49.9 Å². The van der Waals surface area contributed by atoms with Gasteiger partial charge in [0.15, 0.2) is 5.65 Å². The second-order valence-corrected chi connectivity index (χ2v) is 13.8. The molecule has 0 atom stereocenters. The van der Waals surface area contributed by atoms with E-state index >= 15 is 0 Å². The van der Waals surface area contributed by atoms with Crippen LogP contribution in [0.2, 0.25) is 0 Å². The Balaban J connectivity index is 1.34. The van der Waals surface area contributed by atoms with Gasteiger partial charge in [0.25, 0.3) is 0 Å². The Morgan fingerprint density at radius 2 is 1.74 bits per heavy atom. The zero-order valence-corrected chi connectivity index (χ0v) is 26.7. The van der Waals surface area contributed by atoms with Crippen LogP contribution in [0.25, 0.3) is 11.3 Å². The predicted molar refractivity (Wildman–Crippen MR) is 173 cm³/mol. The SMILES string of the molecule is CSC(C)(C)c1cc(NC(=O)NCc2ccccc2Sc2ccc3nnc(C(C)C)n3c2)n(-c2cc(C)cc(C)c2)n1. The summed E-state index contributed by atoms with van der Waals surface area (Å²) in [5.74, 6) is 1.83. The highest BCUT2D eigenvalue weighted by atomic mass is 32.2. The second kappa shape index (κ2) is 12.2. The van der Waals surface area contributed by atoms with Gasteiger partial charge < -0.3 is 5.32 Å². The van der Waals surface area contributed by atoms with E-state index in [0.29, 0.717) is 12.4 Å². The van der Waals surface area contributed by atoms with Crippen LogP contribution in [0.3, 0.4) is 0 Å². The number of nitrogens with one attached hydrogen (secondary N) is 2. The summed E-state index contributed by atoms with van der Waals surface area (Å²) in [7, 11) is 0. The number of nitrogens with zero attached hydrogens (tertiary/aromatic N) is 5. The van der Waals surface area contributed by atoms with Crippen LogP contribution in [-0.4, -0.2) is 36.7 Å². The summed E-state index contributed by atoms with van der Waals surface area (Å²) in [4.78, 5) is 15.4. The first kappa shape index (κ1) is 29.7. The van der Waals surface area contributed by atoms with E-state index in [2.05, 4.69) is 105 Å². The molecule has 0 fully saturated rings. The summed E-state index contributed by atoms with van der Waals surface area (Å²) >= 11 is 3.38. The Morgan fingerprint density at radius 3 is 2.45 bits per heavy atom. The highest BCUT2D eigenvalue weighted by Crippen LogP contribution is 2.35. The molecule has 0 saturated carbocycles. The van der Waals surface area contributed by atoms with Crippen molar-refractivity contribution < 1.29 is 4.79 Å². The molecule has 0 radical (unpaired) electrons. The van der Waals surface area contributed by atoms with Crippen LogP contribution in [0.5, 0.6) is 0 Å². The van der Waals surface area contributed by atoms with E-state index in [-0.39, 0.29) is 16.7 Å². The van der Waals surface area contributed by atoms with Gasteiger partial charge in [-0.15, -0.1) is 10.2 Å². The lowest BCUT2D eigenvalue weighted by molar-refractivity contribution is 0.251. The number of benzene rings is 2. The van der Waals surface area contributed by atoms with Gasteiger partial charge in [-0.05, 0) is 81.0 Å². The molecule has 2 N–H and O–H groups in total. The molecular formula is C32H37N7OS2. The molecule has 5 rings (SSSR count). The van der Waals surface area contributed by atoms with E-state index in [1.807, 2.05) is 39.4 Å². The number of rotatable bonds is 9. The van der Waals surface area contributed by atoms with Gasteiger partial charge in [-0.25, -0.2) is 9.48 Å². The van der Waals surface area contributed by atoms with E-state index < -0.39 is 0 Å². The Bertz CT molecular complexity index is 1720. The number of urea groups is 1. The van der Waals surface area contributed by atoms with E-state index in [1.54, 1.807) is 23.5 Å². The second-order valence-electron chi connectivity index (χ2n) is 11.2. The molecule has 5 aromatic rings. The molecule has 0 aliphatic carbocycles. The number of pyridine rings is 1. The lowest BCUT2D eigenvalue weighted by Gasteiger charge is -2.18. The minimum atomic E-state index is -0.290. The van der Waals surface area contributed by atoms with Crippen LogP contribution in [0.15, 0.2) is 76.7 Å². The molecule has 0 saturated heterocycles. The fourth-order valence-electron chi connectivity index (χ4n) is 4.69. The molecule has 3 heterocycles. The summed E-state index contributed by atoms with van der Waals surface area (Å²) in [6.07, 6.45) is 4.15. The number of thioether (sulfide) groups is 1. The molecule has 0 unspecified atom stereocenters. The zero-order valence-electron chi connectivity index (χ0n) is 25.1. The van der Waals surface area contributed by atoms with Crippen molar-refractivity contribution in [2.24, 2.45) is 0 Å². The van der Waals surface area contributed by atoms with Crippen molar-refractivity contribution in [1.29, 1.82) is 0 Å². The summed E-state index contributed by atoms with van der Waals surface area (Å²) in [6, 6.07) is 20.1. The fraction of sp³-hybridized carbons (Fsp3) is 0.312. The van der Waals surface area contributed by atoms with Gasteiger partial charge >= 0.3 is 6.03 Å². The first-order chi connectivity index (χ1) is 20.0. The number of amides is 2. The number of hydrogen-bond donors (Lipinski definition) is 2. The topological polar surface area (TPSA) is 89.1 Å². The Morgan fingerprint density at radius 1 is 1.00 bits per heavy atom. The maximum atomic E-state index is 13.2. The Kier molecular flexibility index (Phi) is 8.65. The third-order valence-electron chi connectivity index (χ3n) is 7.09. The van der Waals surface area contributed by atoms with Gasteiger partial charge in [0.2, 0.25) is 0 Å². The third kappa shape index (κ3) is 6.50. The van der Waals surface area contributed by atoms with Crippen molar-refractivity contribution in [3.05, 3.63) is 95.1 Å². The van der Waals surface area contributed by atoms with Crippen LogP contribution < -0.4 is 10.6 Å². The van der Waals surface area contributed by atoms with E-state index in [1.165, 1.54) is 0 Å². The van der Waals surface area contributed by atoms with E-state index in [9.17, 15) is 4.79 Å². The molecule has 42 heavy (non-hydrogen) atoms. The van der Waals surface area contributed by atoms with Crippen LogP contribution in [-0.2, 0) is 11.3 Å². The molecule has 8 nitrogen and oxygen atoms in total. The highest BCUT2D eigenvalue weighted by Gasteiger charge is 2.25. The lowest BCUT2D eigenvalue weighted by Crippen LogP contribution is -2.29. The molecule has 0 aliphatic heterocycles. The molecule has 3 aromatic heterocycles. The van der Waals surface area contributed by atoms with Crippen LogP contribution in [0.1, 0.15) is 61.8 Å². The molecule has 0 spiro atoms. The smallest absolute Gasteiger partial charge is 0.320 e. The van der Waals surface area contributed by atoms with Gasteiger partial charge in [0.1, 0.15) is 11.6 Å². The van der Waals surface area contributed by atoms with Crippen molar-refractivity contribution in [3.8, 4) is 5.69 Å². The number of anilines is 1. The quantitative estimate of drug-likeness (QED) is 0.180.